The van der Waals surface area contributed by atoms with Crippen molar-refractivity contribution in [2.45, 2.75) is 6.54 Å². The fourth-order valence-corrected chi connectivity index (χ4v) is 0.719. The third kappa shape index (κ3) is 1.61. The summed E-state index contributed by atoms with van der Waals surface area (Å²) in [7, 11) is 1.45. The second-order valence-electron chi connectivity index (χ2n) is 2.03. The van der Waals surface area contributed by atoms with Gasteiger partial charge in [-0.1, -0.05) is 0 Å². The van der Waals surface area contributed by atoms with Gasteiger partial charge >= 0.3 is 0 Å². The van der Waals surface area contributed by atoms with Gasteiger partial charge < -0.3 is 4.74 Å². The fraction of sp³-hybridized carbons (Fsp3) is 0.286. The SMILES string of the molecule is COc1ccc(=O)n(CC#N)n1. The average molecular weight is 165 g/mol. The number of aromatic nitrogens is 2. The second kappa shape index (κ2) is 3.53. The molecule has 12 heavy (non-hydrogen) atoms. The predicted molar refractivity (Wildman–Crippen MR) is 40.7 cm³/mol. The van der Waals surface area contributed by atoms with Crippen LogP contribution in [-0.4, -0.2) is 16.9 Å². The first kappa shape index (κ1) is 8.27. The lowest BCUT2D eigenvalue weighted by Crippen LogP contribution is -2.21. The molecular weight excluding hydrogens is 158 g/mol. The Kier molecular flexibility index (Phi) is 2.43. The van der Waals surface area contributed by atoms with Gasteiger partial charge in [0.05, 0.1) is 13.2 Å². The summed E-state index contributed by atoms with van der Waals surface area (Å²) >= 11 is 0. The minimum atomic E-state index is -0.308. The Bertz CT molecular complexity index is 364. The van der Waals surface area contributed by atoms with Gasteiger partial charge in [0.15, 0.2) is 0 Å². The minimum Gasteiger partial charge on any atom is -0.480 e. The summed E-state index contributed by atoms with van der Waals surface area (Å²) in [4.78, 5) is 11.0. The molecule has 0 fully saturated rings. The second-order valence-corrected chi connectivity index (χ2v) is 2.03. The normalized spacial score (nSPS) is 9.00. The molecule has 1 aromatic heterocycles. The van der Waals surface area contributed by atoms with Crippen LogP contribution < -0.4 is 10.3 Å². The first-order valence-electron chi connectivity index (χ1n) is 3.27. The largest absolute Gasteiger partial charge is 0.480 e. The van der Waals surface area contributed by atoms with Gasteiger partial charge in [-0.3, -0.25) is 4.79 Å². The van der Waals surface area contributed by atoms with Crippen molar-refractivity contribution in [1.82, 2.24) is 9.78 Å². The molecule has 0 bridgehead atoms. The van der Waals surface area contributed by atoms with Crippen LogP contribution in [0.15, 0.2) is 16.9 Å². The maximum Gasteiger partial charge on any atom is 0.267 e. The Labute approximate surface area is 68.8 Å². The number of ether oxygens (including phenoxy) is 1. The number of methoxy groups -OCH3 is 1. The van der Waals surface area contributed by atoms with E-state index < -0.39 is 0 Å². The van der Waals surface area contributed by atoms with Crippen molar-refractivity contribution in [2.75, 3.05) is 7.11 Å². The fourth-order valence-electron chi connectivity index (χ4n) is 0.719. The highest BCUT2D eigenvalue weighted by molar-refractivity contribution is 5.06. The minimum absolute atomic E-state index is 0.0595. The molecule has 0 aromatic carbocycles. The van der Waals surface area contributed by atoms with E-state index in [1.165, 1.54) is 19.2 Å². The molecular formula is C7H7N3O2. The molecule has 0 atom stereocenters. The number of nitriles is 1. The quantitative estimate of drug-likeness (QED) is 0.607. The van der Waals surface area contributed by atoms with E-state index in [0.717, 1.165) is 4.68 Å². The number of hydrogen-bond donors (Lipinski definition) is 0. The van der Waals surface area contributed by atoms with Gasteiger partial charge in [-0.25, -0.2) is 4.68 Å². The molecule has 0 aliphatic rings. The van der Waals surface area contributed by atoms with E-state index in [2.05, 4.69) is 5.10 Å². The summed E-state index contributed by atoms with van der Waals surface area (Å²) in [6.07, 6.45) is 0. The van der Waals surface area contributed by atoms with E-state index in [1.54, 1.807) is 0 Å². The van der Waals surface area contributed by atoms with Crippen molar-refractivity contribution in [3.8, 4) is 11.9 Å². The van der Waals surface area contributed by atoms with Gasteiger partial charge in [-0.2, -0.15) is 5.26 Å². The van der Waals surface area contributed by atoms with Crippen molar-refractivity contribution in [3.63, 3.8) is 0 Å². The summed E-state index contributed by atoms with van der Waals surface area (Å²) in [6.45, 7) is -0.0595. The standard InChI is InChI=1S/C7H7N3O2/c1-12-6-2-3-7(11)10(9-6)5-4-8/h2-3H,5H2,1H3. The third-order valence-electron chi connectivity index (χ3n) is 1.27. The van der Waals surface area contributed by atoms with Gasteiger partial charge in [0.25, 0.3) is 5.56 Å². The Morgan fingerprint density at radius 1 is 1.75 bits per heavy atom. The predicted octanol–water partition coefficient (Wildman–Crippen LogP) is -0.225. The molecule has 0 radical (unpaired) electrons. The Hall–Kier alpha value is -1.83. The molecule has 0 saturated heterocycles. The van der Waals surface area contributed by atoms with E-state index in [0.29, 0.717) is 5.88 Å². The van der Waals surface area contributed by atoms with E-state index in [4.69, 9.17) is 10.00 Å². The smallest absolute Gasteiger partial charge is 0.267 e. The van der Waals surface area contributed by atoms with Crippen molar-refractivity contribution >= 4 is 0 Å². The molecule has 0 amide bonds. The van der Waals surface area contributed by atoms with Gasteiger partial charge in [0.2, 0.25) is 5.88 Å². The average Bonchev–Trinajstić information content (AvgIpc) is 2.09. The zero-order valence-corrected chi connectivity index (χ0v) is 6.52. The Morgan fingerprint density at radius 2 is 2.50 bits per heavy atom. The van der Waals surface area contributed by atoms with Crippen LogP contribution in [0.25, 0.3) is 0 Å². The van der Waals surface area contributed by atoms with Crippen molar-refractivity contribution < 1.29 is 4.74 Å². The summed E-state index contributed by atoms with van der Waals surface area (Å²) in [6, 6.07) is 4.58. The van der Waals surface area contributed by atoms with Gasteiger partial charge in [0, 0.05) is 12.1 Å². The van der Waals surface area contributed by atoms with Crippen LogP contribution in [0.1, 0.15) is 0 Å². The lowest BCUT2D eigenvalue weighted by Gasteiger charge is -2.00. The summed E-state index contributed by atoms with van der Waals surface area (Å²) in [5.74, 6) is 0.324. The van der Waals surface area contributed by atoms with Crippen LogP contribution in [0.4, 0.5) is 0 Å². The summed E-state index contributed by atoms with van der Waals surface area (Å²) in [5, 5.41) is 12.1. The van der Waals surface area contributed by atoms with Crippen LogP contribution in [0.5, 0.6) is 5.88 Å². The molecule has 62 valence electrons. The topological polar surface area (TPSA) is 67.9 Å². The monoisotopic (exact) mass is 165 g/mol. The van der Waals surface area contributed by atoms with Crippen LogP contribution in [0.3, 0.4) is 0 Å². The van der Waals surface area contributed by atoms with E-state index in [-0.39, 0.29) is 12.1 Å². The van der Waals surface area contributed by atoms with Crippen LogP contribution >= 0.6 is 0 Å². The summed E-state index contributed by atoms with van der Waals surface area (Å²) < 4.78 is 5.82. The molecule has 0 saturated carbocycles. The number of hydrogen-bond acceptors (Lipinski definition) is 4. The molecule has 5 nitrogen and oxygen atoms in total. The van der Waals surface area contributed by atoms with Gasteiger partial charge in [0.1, 0.15) is 6.54 Å². The highest BCUT2D eigenvalue weighted by atomic mass is 16.5. The molecule has 0 aliphatic carbocycles. The molecule has 5 heteroatoms. The first-order chi connectivity index (χ1) is 5.77. The van der Waals surface area contributed by atoms with Crippen molar-refractivity contribution in [1.29, 1.82) is 5.26 Å². The van der Waals surface area contributed by atoms with Crippen LogP contribution in [0, 0.1) is 11.3 Å². The molecule has 1 rings (SSSR count). The Balaban J connectivity index is 3.10. The summed E-state index contributed by atoms with van der Waals surface area (Å²) in [5.41, 5.74) is -0.308. The maximum absolute atomic E-state index is 11.0. The van der Waals surface area contributed by atoms with Gasteiger partial charge in [-0.15, -0.1) is 5.10 Å². The first-order valence-corrected chi connectivity index (χ1v) is 3.27. The molecule has 0 unspecified atom stereocenters. The number of nitrogens with zero attached hydrogens (tertiary/aromatic N) is 3. The molecule has 0 N–H and O–H groups in total. The highest BCUT2D eigenvalue weighted by Gasteiger charge is 1.97. The zero-order chi connectivity index (χ0) is 8.97. The highest BCUT2D eigenvalue weighted by Crippen LogP contribution is 1.98. The van der Waals surface area contributed by atoms with E-state index in [9.17, 15) is 4.79 Å². The Morgan fingerprint density at radius 3 is 3.08 bits per heavy atom. The molecule has 0 aliphatic heterocycles. The van der Waals surface area contributed by atoms with E-state index >= 15 is 0 Å². The van der Waals surface area contributed by atoms with Crippen molar-refractivity contribution in [2.24, 2.45) is 0 Å². The van der Waals surface area contributed by atoms with Crippen molar-refractivity contribution in [3.05, 3.63) is 22.5 Å². The van der Waals surface area contributed by atoms with Crippen LogP contribution in [0.2, 0.25) is 0 Å². The third-order valence-corrected chi connectivity index (χ3v) is 1.27. The lowest BCUT2D eigenvalue weighted by atomic mass is 10.5. The maximum atomic E-state index is 11.0. The lowest BCUT2D eigenvalue weighted by molar-refractivity contribution is 0.379. The van der Waals surface area contributed by atoms with E-state index in [1.807, 2.05) is 6.07 Å². The molecule has 0 spiro atoms. The number of rotatable bonds is 2. The van der Waals surface area contributed by atoms with Crippen LogP contribution in [-0.2, 0) is 6.54 Å². The zero-order valence-electron chi connectivity index (χ0n) is 6.52. The molecule has 1 heterocycles. The van der Waals surface area contributed by atoms with Gasteiger partial charge in [-0.05, 0) is 0 Å². The molecule has 1 aromatic rings.